The highest BCUT2D eigenvalue weighted by atomic mass is 79.9. The van der Waals surface area contributed by atoms with Gasteiger partial charge < -0.3 is 20.5 Å². The molecule has 9 nitrogen and oxygen atoms in total. The maximum absolute atomic E-state index is 12.4. The summed E-state index contributed by atoms with van der Waals surface area (Å²) in [4.78, 5) is 43.7. The van der Waals surface area contributed by atoms with Crippen molar-refractivity contribution >= 4 is 97.7 Å². The van der Waals surface area contributed by atoms with Crippen LogP contribution in [0.15, 0.2) is 63.8 Å². The molecule has 0 saturated carbocycles. The monoisotopic (exact) mass is 760 g/mol. The number of rotatable bonds is 8. The van der Waals surface area contributed by atoms with Gasteiger partial charge in [-0.25, -0.2) is 4.79 Å². The normalized spacial score (nSPS) is 11.3. The molecule has 0 radical (unpaired) electrons. The molecule has 0 saturated heterocycles. The molecule has 2 aromatic heterocycles. The molecule has 1 amide bonds. The summed E-state index contributed by atoms with van der Waals surface area (Å²) in [5, 5.41) is 2.99. The molecule has 2 heterocycles. The first-order chi connectivity index (χ1) is 18.0. The van der Waals surface area contributed by atoms with Gasteiger partial charge in [0.25, 0.3) is 5.91 Å². The van der Waals surface area contributed by atoms with Gasteiger partial charge in [-0.2, -0.15) is 0 Å². The zero-order valence-electron chi connectivity index (χ0n) is 21.1. The van der Waals surface area contributed by atoms with Crippen molar-refractivity contribution in [3.8, 4) is 0 Å². The second-order valence-corrected chi connectivity index (χ2v) is 10.3. The van der Waals surface area contributed by atoms with E-state index in [0.717, 1.165) is 14.6 Å². The Morgan fingerprint density at radius 2 is 1.32 bits per heavy atom. The number of methoxy groups -OCH3 is 2. The number of nitrogens with one attached hydrogen (secondary N) is 1. The van der Waals surface area contributed by atoms with Crippen LogP contribution < -0.4 is 11.1 Å². The second kappa shape index (κ2) is 19.2. The van der Waals surface area contributed by atoms with E-state index in [1.54, 1.807) is 42.7 Å². The van der Waals surface area contributed by atoms with E-state index < -0.39 is 29.9 Å². The summed E-state index contributed by atoms with van der Waals surface area (Å²) < 4.78 is 11.0. The number of hydrogen-bond donors (Lipinski definition) is 2. The Morgan fingerprint density at radius 1 is 0.850 bits per heavy atom. The lowest BCUT2D eigenvalue weighted by Crippen LogP contribution is -2.43. The fraction of sp³-hybridized carbons (Fsp3) is 0.240. The van der Waals surface area contributed by atoms with Crippen LogP contribution in [0.4, 0.5) is 0 Å². The Kier molecular flexibility index (Phi) is 18.2. The first kappa shape index (κ1) is 38.0. The third-order valence-electron chi connectivity index (χ3n) is 4.90. The van der Waals surface area contributed by atoms with Crippen LogP contribution in [0.3, 0.4) is 0 Å². The quantitative estimate of drug-likeness (QED) is 0.292. The van der Waals surface area contributed by atoms with Gasteiger partial charge in [-0.3, -0.25) is 19.6 Å². The number of halogens is 6. The number of hydrogen-bond acceptors (Lipinski definition) is 8. The van der Waals surface area contributed by atoms with E-state index in [4.69, 9.17) is 33.7 Å². The highest BCUT2D eigenvalue weighted by molar-refractivity contribution is 9.10. The Balaban J connectivity index is 0.000000819. The van der Waals surface area contributed by atoms with Gasteiger partial charge in [-0.1, -0.05) is 29.3 Å². The van der Waals surface area contributed by atoms with Crippen LogP contribution in [0.5, 0.6) is 0 Å². The number of nitrogens with two attached hydrogens (primary N) is 1. The summed E-state index contributed by atoms with van der Waals surface area (Å²) in [6.45, 7) is 0. The zero-order valence-corrected chi connectivity index (χ0v) is 27.4. The Bertz CT molecular complexity index is 1230. The van der Waals surface area contributed by atoms with Crippen LogP contribution in [-0.2, 0) is 31.9 Å². The van der Waals surface area contributed by atoms with E-state index in [1.807, 2.05) is 12.1 Å². The number of amides is 1. The van der Waals surface area contributed by atoms with Crippen LogP contribution in [0.2, 0.25) is 10.0 Å². The van der Waals surface area contributed by atoms with Gasteiger partial charge in [0.15, 0.2) is 0 Å². The van der Waals surface area contributed by atoms with Crippen molar-refractivity contribution in [1.82, 2.24) is 15.3 Å². The second-order valence-electron chi connectivity index (χ2n) is 7.62. The molecule has 0 unspecified atom stereocenters. The SMILES string of the molecule is COC(=O)[C@@H](N)Cc1ccc(Br)cn1.COC(=O)[C@H](Cc1ccc(Br)cn1)NC(=O)c1c(Cl)cccc1Cl.Cl.Cl. The van der Waals surface area contributed by atoms with E-state index >= 15 is 0 Å². The first-order valence-corrected chi connectivity index (χ1v) is 13.3. The summed E-state index contributed by atoms with van der Waals surface area (Å²) in [5.74, 6) is -1.57. The summed E-state index contributed by atoms with van der Waals surface area (Å²) in [7, 11) is 2.57. The number of carbonyl (C=O) groups excluding carboxylic acids is 3. The summed E-state index contributed by atoms with van der Waals surface area (Å²) in [6.07, 6.45) is 3.84. The van der Waals surface area contributed by atoms with Crippen molar-refractivity contribution in [1.29, 1.82) is 0 Å². The van der Waals surface area contributed by atoms with E-state index in [9.17, 15) is 14.4 Å². The highest BCUT2D eigenvalue weighted by Crippen LogP contribution is 2.24. The summed E-state index contributed by atoms with van der Waals surface area (Å²) in [5.41, 5.74) is 7.08. The van der Waals surface area contributed by atoms with Crippen molar-refractivity contribution in [3.63, 3.8) is 0 Å². The molecule has 1 aromatic carbocycles. The van der Waals surface area contributed by atoms with E-state index in [-0.39, 0.29) is 46.8 Å². The minimum Gasteiger partial charge on any atom is -0.468 e. The van der Waals surface area contributed by atoms with Gasteiger partial charge in [0.05, 0.1) is 29.8 Å². The molecule has 0 aliphatic rings. The van der Waals surface area contributed by atoms with Crippen molar-refractivity contribution in [2.24, 2.45) is 5.73 Å². The molecule has 3 N–H and O–H groups in total. The lowest BCUT2D eigenvalue weighted by Gasteiger charge is -2.17. The average molecular weight is 764 g/mol. The minimum absolute atomic E-state index is 0. The lowest BCUT2D eigenvalue weighted by molar-refractivity contribution is -0.143. The minimum atomic E-state index is -0.913. The molecular formula is C25H26Br2Cl4N4O5. The highest BCUT2D eigenvalue weighted by Gasteiger charge is 2.25. The van der Waals surface area contributed by atoms with Gasteiger partial charge in [-0.15, -0.1) is 24.8 Å². The predicted molar refractivity (Wildman–Crippen MR) is 166 cm³/mol. The van der Waals surface area contributed by atoms with E-state index in [2.05, 4.69) is 51.9 Å². The first-order valence-electron chi connectivity index (χ1n) is 10.9. The van der Waals surface area contributed by atoms with E-state index in [1.165, 1.54) is 14.2 Å². The van der Waals surface area contributed by atoms with Crippen LogP contribution in [-0.4, -0.2) is 54.1 Å². The molecule has 3 aromatic rings. The maximum atomic E-state index is 12.4. The molecule has 0 aliphatic carbocycles. The molecule has 15 heteroatoms. The van der Waals surface area contributed by atoms with E-state index in [0.29, 0.717) is 12.1 Å². The molecule has 0 aliphatic heterocycles. The van der Waals surface area contributed by atoms with Gasteiger partial charge in [0, 0.05) is 45.6 Å². The molecule has 0 fully saturated rings. The number of aromatic nitrogens is 2. The molecule has 0 spiro atoms. The topological polar surface area (TPSA) is 134 Å². The molecule has 0 bridgehead atoms. The zero-order chi connectivity index (χ0) is 28.2. The van der Waals surface area contributed by atoms with Crippen LogP contribution >= 0.6 is 79.9 Å². The smallest absolute Gasteiger partial charge is 0.328 e. The number of esters is 2. The number of carbonyl (C=O) groups is 3. The van der Waals surface area contributed by atoms with Crippen molar-refractivity contribution in [2.45, 2.75) is 24.9 Å². The molecule has 40 heavy (non-hydrogen) atoms. The molecule has 2 atom stereocenters. The fourth-order valence-corrected chi connectivity index (χ4v) is 4.04. The summed E-state index contributed by atoms with van der Waals surface area (Å²) in [6, 6.07) is 10.4. The van der Waals surface area contributed by atoms with Gasteiger partial charge in [-0.05, 0) is 68.3 Å². The molecular weight excluding hydrogens is 738 g/mol. The van der Waals surface area contributed by atoms with Crippen LogP contribution in [0.25, 0.3) is 0 Å². The van der Waals surface area contributed by atoms with Crippen LogP contribution in [0, 0.1) is 0 Å². The third kappa shape index (κ3) is 12.3. The van der Waals surface area contributed by atoms with Crippen molar-refractivity contribution in [3.05, 3.63) is 90.8 Å². The Hall–Kier alpha value is -1.99. The third-order valence-corrected chi connectivity index (χ3v) is 6.47. The lowest BCUT2D eigenvalue weighted by atomic mass is 10.1. The number of nitrogens with zero attached hydrogens (tertiary/aromatic N) is 2. The molecule has 3 rings (SSSR count). The van der Waals surface area contributed by atoms with Crippen molar-refractivity contribution < 1.29 is 23.9 Å². The average Bonchev–Trinajstić information content (AvgIpc) is 2.90. The fourth-order valence-electron chi connectivity index (χ4n) is 3.00. The number of ether oxygens (including phenoxy) is 2. The Labute approximate surface area is 271 Å². The standard InChI is InChI=1S/C16H13BrCl2N2O3.C9H11BrN2O2.2ClH/c1-24-16(23)13(7-10-6-5-9(17)8-20-10)21-15(22)14-11(18)3-2-4-12(14)19;1-14-9(13)8(11)4-7-3-2-6(10)5-12-7;;/h2-6,8,13H,7H2,1H3,(H,21,22);2-3,5,8H,4,11H2,1H3;2*1H/t13-;8-;;/m00../s1. The largest absolute Gasteiger partial charge is 0.468 e. The van der Waals surface area contributed by atoms with Gasteiger partial charge in [0.1, 0.15) is 12.1 Å². The molecule has 218 valence electrons. The van der Waals surface area contributed by atoms with Crippen molar-refractivity contribution in [2.75, 3.05) is 14.2 Å². The van der Waals surface area contributed by atoms with Gasteiger partial charge in [0.2, 0.25) is 0 Å². The summed E-state index contributed by atoms with van der Waals surface area (Å²) >= 11 is 18.6. The number of pyridine rings is 2. The van der Waals surface area contributed by atoms with Crippen LogP contribution in [0.1, 0.15) is 21.7 Å². The number of benzene rings is 1. The Morgan fingerprint density at radius 3 is 1.75 bits per heavy atom. The van der Waals surface area contributed by atoms with Gasteiger partial charge >= 0.3 is 11.9 Å². The predicted octanol–water partition coefficient (Wildman–Crippen LogP) is 5.40. The maximum Gasteiger partial charge on any atom is 0.328 e.